The highest BCUT2D eigenvalue weighted by Gasteiger charge is 2.66. The van der Waals surface area contributed by atoms with Crippen LogP contribution in [0.1, 0.15) is 64.2 Å². The van der Waals surface area contributed by atoms with Gasteiger partial charge in [-0.1, -0.05) is 73.5 Å². The van der Waals surface area contributed by atoms with Gasteiger partial charge in [0.2, 0.25) is 5.79 Å². The van der Waals surface area contributed by atoms with E-state index in [0.29, 0.717) is 17.8 Å². The van der Waals surface area contributed by atoms with Crippen molar-refractivity contribution >= 4 is 51.7 Å². The molecule has 244 valence electrons. The second kappa shape index (κ2) is 11.0. The summed E-state index contributed by atoms with van der Waals surface area (Å²) in [6.45, 7) is 0.609. The van der Waals surface area contributed by atoms with Crippen LogP contribution in [0.25, 0.3) is 43.5 Å². The van der Waals surface area contributed by atoms with Gasteiger partial charge in [0, 0.05) is 36.5 Å². The molecule has 3 aliphatic heterocycles. The van der Waals surface area contributed by atoms with Crippen LogP contribution in [0.15, 0.2) is 81.2 Å². The summed E-state index contributed by atoms with van der Waals surface area (Å²) in [5.74, 6) is -2.46. The van der Waals surface area contributed by atoms with Crippen molar-refractivity contribution in [2.75, 3.05) is 13.2 Å². The summed E-state index contributed by atoms with van der Waals surface area (Å²) in [5.41, 5.74) is 1.43. The first-order valence-electron chi connectivity index (χ1n) is 17.3. The van der Waals surface area contributed by atoms with Crippen LogP contribution in [-0.4, -0.2) is 48.9 Å². The number of hydrogen-bond donors (Lipinski definition) is 0. The molecule has 0 amide bonds. The molecule has 9 heteroatoms. The Morgan fingerprint density at radius 1 is 0.617 bits per heavy atom. The molecule has 4 atom stereocenters. The lowest BCUT2D eigenvalue weighted by molar-refractivity contribution is -0.327. The Hall–Kier alpha value is -2.94. The Bertz CT molecular complexity index is 1920. The maximum atomic E-state index is 7.06. The Morgan fingerprint density at radius 3 is 1.85 bits per heavy atom. The SMILES string of the molecule is c1ccc2c(c1)ccc1op(O[C@H]3[C@@H]4OC5(CCCCC5)O[C@@H]4CO[C@]34COC3(CCCCC3)O4)oc3ccc4ccccc4c3c12. The normalized spacial score (nSPS) is 29.8. The van der Waals surface area contributed by atoms with Crippen LogP contribution < -0.4 is 4.52 Å². The lowest BCUT2D eigenvalue weighted by Crippen LogP contribution is -2.64. The minimum Gasteiger partial charge on any atom is -0.399 e. The highest BCUT2D eigenvalue weighted by molar-refractivity contribution is 7.31. The summed E-state index contributed by atoms with van der Waals surface area (Å²) in [4.78, 5) is 0. The van der Waals surface area contributed by atoms with Gasteiger partial charge in [-0.05, 0) is 59.4 Å². The second-order valence-corrected chi connectivity index (χ2v) is 15.0. The molecule has 0 unspecified atom stereocenters. The van der Waals surface area contributed by atoms with Crippen molar-refractivity contribution in [1.29, 1.82) is 0 Å². The van der Waals surface area contributed by atoms with E-state index in [2.05, 4.69) is 60.7 Å². The van der Waals surface area contributed by atoms with E-state index in [1.54, 1.807) is 0 Å². The van der Waals surface area contributed by atoms with Gasteiger partial charge in [0.05, 0.1) is 6.61 Å². The Balaban J connectivity index is 1.15. The minimum atomic E-state index is -1.98. The molecule has 5 fully saturated rings. The number of fused-ring (bicyclic) bond motifs is 8. The van der Waals surface area contributed by atoms with E-state index in [1.807, 2.05) is 12.1 Å². The fourth-order valence-electron chi connectivity index (χ4n) is 8.74. The summed E-state index contributed by atoms with van der Waals surface area (Å²) in [7, 11) is -1.98. The molecule has 0 bridgehead atoms. The van der Waals surface area contributed by atoms with E-state index in [9.17, 15) is 0 Å². The van der Waals surface area contributed by atoms with Crippen LogP contribution in [0.2, 0.25) is 0 Å². The zero-order valence-corrected chi connectivity index (χ0v) is 27.3. The third-order valence-electron chi connectivity index (χ3n) is 11.0. The molecule has 4 aromatic carbocycles. The fourth-order valence-corrected chi connectivity index (χ4v) is 9.96. The zero-order chi connectivity index (χ0) is 31.1. The van der Waals surface area contributed by atoms with Gasteiger partial charge in [-0.2, -0.15) is 0 Å². The molecular weight excluding hydrogens is 615 g/mol. The average molecular weight is 655 g/mol. The lowest BCUT2D eigenvalue weighted by Gasteiger charge is -2.43. The van der Waals surface area contributed by atoms with Gasteiger partial charge in [0.15, 0.2) is 17.7 Å². The molecule has 3 spiro atoms. The van der Waals surface area contributed by atoms with Crippen LogP contribution in [0.4, 0.5) is 0 Å². The maximum Gasteiger partial charge on any atom is 0.387 e. The summed E-state index contributed by atoms with van der Waals surface area (Å²) in [5, 5.41) is 6.45. The predicted molar refractivity (Wildman–Crippen MR) is 179 cm³/mol. The molecule has 2 saturated carbocycles. The fraction of sp³-hybridized carbons (Fsp3) is 0.474. The van der Waals surface area contributed by atoms with E-state index in [-0.39, 0.29) is 12.7 Å². The summed E-state index contributed by atoms with van der Waals surface area (Å²) in [6.07, 6.45) is 8.65. The van der Waals surface area contributed by atoms with Crippen molar-refractivity contribution in [3.8, 4) is 0 Å². The largest absolute Gasteiger partial charge is 0.399 e. The van der Waals surface area contributed by atoms with E-state index in [4.69, 9.17) is 36.6 Å². The van der Waals surface area contributed by atoms with Crippen LogP contribution in [0.3, 0.4) is 0 Å². The van der Waals surface area contributed by atoms with Crippen molar-refractivity contribution in [3.63, 3.8) is 0 Å². The molecular formula is C38H39O8P. The van der Waals surface area contributed by atoms with Gasteiger partial charge in [0.25, 0.3) is 0 Å². The van der Waals surface area contributed by atoms with Crippen molar-refractivity contribution in [2.45, 2.75) is 99.9 Å². The topological polar surface area (TPSA) is 81.7 Å². The monoisotopic (exact) mass is 654 g/mol. The smallest absolute Gasteiger partial charge is 0.387 e. The first-order valence-corrected chi connectivity index (χ1v) is 18.4. The number of benzene rings is 4. The molecule has 2 aliphatic carbocycles. The average Bonchev–Trinajstić information content (AvgIpc) is 3.58. The van der Waals surface area contributed by atoms with Crippen LogP contribution >= 0.6 is 8.24 Å². The van der Waals surface area contributed by atoms with Gasteiger partial charge in [0.1, 0.15) is 30.0 Å². The van der Waals surface area contributed by atoms with E-state index in [1.165, 1.54) is 12.8 Å². The van der Waals surface area contributed by atoms with Gasteiger partial charge < -0.3 is 32.1 Å². The van der Waals surface area contributed by atoms with Gasteiger partial charge in [-0.15, -0.1) is 0 Å². The standard InChI is InChI=1S/C38H39O8P/c1-7-19-36(20-8-1)40-24-38(46-36)35(34-31(23-39-38)41-37(42-34)21-9-2-10-22-37)45-47-43-29-17-15-25-11-3-5-13-27(25)32(29)33-28-14-6-4-12-26(28)16-18-30(33)44-47/h3-6,11-18,31,34-35H,1-2,7-10,19-24H2/t31-,34-,35+,38+/m1/s1. The minimum absolute atomic E-state index is 0.253. The molecule has 8 nitrogen and oxygen atoms in total. The van der Waals surface area contributed by atoms with Gasteiger partial charge >= 0.3 is 8.24 Å². The first kappa shape index (κ1) is 29.0. The predicted octanol–water partition coefficient (Wildman–Crippen LogP) is 9.27. The molecule has 1 aromatic heterocycles. The molecule has 5 aromatic rings. The van der Waals surface area contributed by atoms with E-state index < -0.39 is 37.8 Å². The number of rotatable bonds is 2. The highest BCUT2D eigenvalue weighted by atomic mass is 31.1. The summed E-state index contributed by atoms with van der Waals surface area (Å²) < 4.78 is 54.4. The molecule has 3 saturated heterocycles. The van der Waals surface area contributed by atoms with Crippen molar-refractivity contribution < 1.29 is 36.6 Å². The first-order chi connectivity index (χ1) is 23.1. The van der Waals surface area contributed by atoms with Crippen molar-refractivity contribution in [3.05, 3.63) is 72.8 Å². The van der Waals surface area contributed by atoms with Crippen LogP contribution in [0, 0.1) is 0 Å². The summed E-state index contributed by atoms with van der Waals surface area (Å²) in [6, 6.07) is 25.1. The van der Waals surface area contributed by atoms with E-state index in [0.717, 1.165) is 83.7 Å². The molecule has 5 aliphatic rings. The van der Waals surface area contributed by atoms with Crippen LogP contribution in [-0.2, 0) is 23.7 Å². The summed E-state index contributed by atoms with van der Waals surface area (Å²) >= 11 is 0. The third-order valence-corrected chi connectivity index (χ3v) is 12.1. The Morgan fingerprint density at radius 2 is 1.21 bits per heavy atom. The molecule has 0 radical (unpaired) electrons. The lowest BCUT2D eigenvalue weighted by atomic mass is 9.93. The van der Waals surface area contributed by atoms with Gasteiger partial charge in [-0.3, -0.25) is 4.52 Å². The third kappa shape index (κ3) is 4.72. The number of hydrogen-bond acceptors (Lipinski definition) is 8. The number of ether oxygens (including phenoxy) is 5. The molecule has 47 heavy (non-hydrogen) atoms. The van der Waals surface area contributed by atoms with Gasteiger partial charge in [-0.25, -0.2) is 0 Å². The van der Waals surface area contributed by atoms with E-state index >= 15 is 0 Å². The van der Waals surface area contributed by atoms with Crippen LogP contribution in [0.5, 0.6) is 0 Å². The Kier molecular flexibility index (Phi) is 6.82. The highest BCUT2D eigenvalue weighted by Crippen LogP contribution is 2.52. The van der Waals surface area contributed by atoms with Crippen molar-refractivity contribution in [1.82, 2.24) is 0 Å². The second-order valence-electron chi connectivity index (χ2n) is 13.9. The Labute approximate surface area is 273 Å². The van der Waals surface area contributed by atoms with Crippen molar-refractivity contribution in [2.24, 2.45) is 0 Å². The quantitative estimate of drug-likeness (QED) is 0.186. The maximum absolute atomic E-state index is 7.06. The molecule has 4 heterocycles. The molecule has 10 rings (SSSR count). The molecule has 0 N–H and O–H groups in total. The zero-order valence-electron chi connectivity index (χ0n) is 26.4.